The van der Waals surface area contributed by atoms with E-state index in [0.717, 1.165) is 19.4 Å². The molecule has 0 radical (unpaired) electrons. The van der Waals surface area contributed by atoms with Crippen molar-refractivity contribution in [3.8, 4) is 0 Å². The average molecular weight is 211 g/mol. The Hall–Kier alpha value is -0.0800. The molecule has 2 fully saturated rings. The van der Waals surface area contributed by atoms with Crippen molar-refractivity contribution in [3.05, 3.63) is 0 Å². The summed E-state index contributed by atoms with van der Waals surface area (Å²) in [4.78, 5) is 0. The van der Waals surface area contributed by atoms with Crippen molar-refractivity contribution in [1.82, 2.24) is 5.32 Å². The van der Waals surface area contributed by atoms with Gasteiger partial charge in [0.2, 0.25) is 0 Å². The summed E-state index contributed by atoms with van der Waals surface area (Å²) in [7, 11) is 0. The summed E-state index contributed by atoms with van der Waals surface area (Å²) in [6.07, 6.45) is 11.0. The second kappa shape index (κ2) is 5.31. The Morgan fingerprint density at radius 3 is 2.47 bits per heavy atom. The number of rotatable bonds is 0. The molecule has 0 bridgehead atoms. The minimum absolute atomic E-state index is 0.265. The predicted octanol–water partition coefficient (Wildman–Crippen LogP) is 2.46. The van der Waals surface area contributed by atoms with Crippen molar-refractivity contribution >= 4 is 0 Å². The van der Waals surface area contributed by atoms with Gasteiger partial charge in [0.25, 0.3) is 0 Å². The van der Waals surface area contributed by atoms with E-state index in [4.69, 9.17) is 0 Å². The molecule has 2 atom stereocenters. The first-order chi connectivity index (χ1) is 7.31. The van der Waals surface area contributed by atoms with E-state index in [1.54, 1.807) is 0 Å². The van der Waals surface area contributed by atoms with Gasteiger partial charge >= 0.3 is 0 Å². The zero-order chi connectivity index (χ0) is 10.6. The van der Waals surface area contributed by atoms with Gasteiger partial charge in [-0.25, -0.2) is 0 Å². The van der Waals surface area contributed by atoms with Crippen LogP contribution in [0, 0.1) is 5.92 Å². The lowest BCUT2D eigenvalue weighted by Crippen LogP contribution is -2.47. The van der Waals surface area contributed by atoms with E-state index >= 15 is 0 Å². The lowest BCUT2D eigenvalue weighted by molar-refractivity contribution is -0.105. The maximum absolute atomic E-state index is 10.4. The van der Waals surface area contributed by atoms with Crippen LogP contribution in [0.5, 0.6) is 0 Å². The molecule has 0 aromatic carbocycles. The molecule has 2 heteroatoms. The van der Waals surface area contributed by atoms with Crippen LogP contribution in [0.1, 0.15) is 57.8 Å². The third-order valence-corrected chi connectivity index (χ3v) is 4.31. The normalized spacial score (nSPS) is 39.4. The predicted molar refractivity (Wildman–Crippen MR) is 62.9 cm³/mol. The van der Waals surface area contributed by atoms with Crippen LogP contribution in [0.25, 0.3) is 0 Å². The van der Waals surface area contributed by atoms with Crippen LogP contribution >= 0.6 is 0 Å². The Kier molecular flexibility index (Phi) is 4.04. The van der Waals surface area contributed by atoms with Crippen LogP contribution in [-0.4, -0.2) is 23.8 Å². The van der Waals surface area contributed by atoms with E-state index in [2.05, 4.69) is 5.32 Å². The van der Waals surface area contributed by atoms with E-state index in [1.807, 2.05) is 0 Å². The van der Waals surface area contributed by atoms with Crippen molar-refractivity contribution in [1.29, 1.82) is 0 Å². The number of fused-ring (bicyclic) bond motifs is 1. The topological polar surface area (TPSA) is 32.3 Å². The van der Waals surface area contributed by atoms with Crippen LogP contribution in [-0.2, 0) is 0 Å². The number of aliphatic hydroxyl groups is 1. The molecular formula is C13H25NO. The van der Waals surface area contributed by atoms with Crippen molar-refractivity contribution < 1.29 is 5.11 Å². The van der Waals surface area contributed by atoms with Crippen LogP contribution in [0.15, 0.2) is 0 Å². The van der Waals surface area contributed by atoms with Gasteiger partial charge in [-0.3, -0.25) is 0 Å². The van der Waals surface area contributed by atoms with Gasteiger partial charge in [-0.1, -0.05) is 19.3 Å². The Balaban J connectivity index is 1.80. The molecule has 2 rings (SSSR count). The number of hydrogen-bond donors (Lipinski definition) is 2. The van der Waals surface area contributed by atoms with Crippen molar-refractivity contribution in [2.75, 3.05) is 13.1 Å². The molecule has 1 saturated heterocycles. The van der Waals surface area contributed by atoms with E-state index in [9.17, 15) is 5.11 Å². The fourth-order valence-corrected chi connectivity index (χ4v) is 3.06. The molecule has 2 aliphatic rings. The second-order valence-corrected chi connectivity index (χ2v) is 5.40. The standard InChI is InChI=1S/C13H25NO/c15-13-8-3-1-2-4-10-14-11-5-6-12(13)7-9-13/h12,14-15H,1-11H2/t12-,13+/m1/s1. The molecule has 1 heterocycles. The summed E-state index contributed by atoms with van der Waals surface area (Å²) in [5, 5.41) is 13.9. The van der Waals surface area contributed by atoms with Crippen LogP contribution in [0.4, 0.5) is 0 Å². The zero-order valence-corrected chi connectivity index (χ0v) is 9.80. The molecule has 1 saturated carbocycles. The molecule has 88 valence electrons. The summed E-state index contributed by atoms with van der Waals surface area (Å²) in [6, 6.07) is 0. The Bertz CT molecular complexity index is 195. The molecule has 0 spiro atoms. The van der Waals surface area contributed by atoms with Crippen molar-refractivity contribution in [3.63, 3.8) is 0 Å². The van der Waals surface area contributed by atoms with Gasteiger partial charge < -0.3 is 10.4 Å². The Morgan fingerprint density at radius 1 is 0.867 bits per heavy atom. The number of nitrogens with one attached hydrogen (secondary N) is 1. The van der Waals surface area contributed by atoms with Crippen LogP contribution in [0.2, 0.25) is 0 Å². The Labute approximate surface area is 93.5 Å². The lowest BCUT2D eigenvalue weighted by atomic mass is 9.65. The van der Waals surface area contributed by atoms with Crippen molar-refractivity contribution in [2.24, 2.45) is 5.92 Å². The third kappa shape index (κ3) is 2.94. The van der Waals surface area contributed by atoms with Gasteiger partial charge in [0.1, 0.15) is 0 Å². The van der Waals surface area contributed by atoms with Gasteiger partial charge in [-0.05, 0) is 57.5 Å². The van der Waals surface area contributed by atoms with Gasteiger partial charge in [-0.2, -0.15) is 0 Å². The quantitative estimate of drug-likeness (QED) is 0.645. The molecule has 1 aliphatic heterocycles. The highest BCUT2D eigenvalue weighted by molar-refractivity contribution is 4.95. The third-order valence-electron chi connectivity index (χ3n) is 4.31. The highest BCUT2D eigenvalue weighted by Gasteiger charge is 2.43. The van der Waals surface area contributed by atoms with Crippen LogP contribution in [0.3, 0.4) is 0 Å². The minimum Gasteiger partial charge on any atom is -0.390 e. The van der Waals surface area contributed by atoms with Gasteiger partial charge in [0.15, 0.2) is 0 Å². The first-order valence-corrected chi connectivity index (χ1v) is 6.74. The zero-order valence-electron chi connectivity index (χ0n) is 9.80. The molecule has 2 nitrogen and oxygen atoms in total. The summed E-state index contributed by atoms with van der Waals surface area (Å²) < 4.78 is 0. The van der Waals surface area contributed by atoms with Gasteiger partial charge in [0.05, 0.1) is 5.60 Å². The summed E-state index contributed by atoms with van der Waals surface area (Å²) in [6.45, 7) is 2.33. The minimum atomic E-state index is -0.265. The van der Waals surface area contributed by atoms with E-state index < -0.39 is 0 Å². The monoisotopic (exact) mass is 211 g/mol. The summed E-state index contributed by atoms with van der Waals surface area (Å²) in [5.41, 5.74) is -0.265. The summed E-state index contributed by atoms with van der Waals surface area (Å²) >= 11 is 0. The molecule has 0 amide bonds. The highest BCUT2D eigenvalue weighted by Crippen LogP contribution is 2.44. The molecule has 2 N–H and O–H groups in total. The smallest absolute Gasteiger partial charge is 0.0676 e. The fourth-order valence-electron chi connectivity index (χ4n) is 3.06. The van der Waals surface area contributed by atoms with E-state index in [0.29, 0.717) is 5.92 Å². The maximum Gasteiger partial charge on any atom is 0.0676 e. The first-order valence-electron chi connectivity index (χ1n) is 6.74. The molecule has 1 aliphatic carbocycles. The molecule has 0 aromatic rings. The van der Waals surface area contributed by atoms with Crippen LogP contribution < -0.4 is 5.32 Å². The van der Waals surface area contributed by atoms with E-state index in [-0.39, 0.29) is 5.60 Å². The highest BCUT2D eigenvalue weighted by atomic mass is 16.3. The summed E-state index contributed by atoms with van der Waals surface area (Å²) in [5.74, 6) is 0.610. The van der Waals surface area contributed by atoms with Crippen molar-refractivity contribution in [2.45, 2.75) is 63.4 Å². The van der Waals surface area contributed by atoms with E-state index in [1.165, 1.54) is 51.5 Å². The molecule has 0 aromatic heterocycles. The number of hydrogen-bond acceptors (Lipinski definition) is 2. The average Bonchev–Trinajstić information content (AvgIpc) is 2.22. The SMILES string of the molecule is O[C@]12CCCCCCNCCC[C@@H]1CC2. The second-order valence-electron chi connectivity index (χ2n) is 5.40. The van der Waals surface area contributed by atoms with Gasteiger partial charge in [-0.15, -0.1) is 0 Å². The largest absolute Gasteiger partial charge is 0.390 e. The molecular weight excluding hydrogens is 186 g/mol. The maximum atomic E-state index is 10.4. The lowest BCUT2D eigenvalue weighted by Gasteiger charge is -2.46. The first kappa shape index (κ1) is 11.4. The van der Waals surface area contributed by atoms with Gasteiger partial charge in [0, 0.05) is 0 Å². The molecule has 0 unspecified atom stereocenters. The fraction of sp³-hybridized carbons (Fsp3) is 1.00. The Morgan fingerprint density at radius 2 is 1.67 bits per heavy atom. The molecule has 15 heavy (non-hydrogen) atoms.